The highest BCUT2D eigenvalue weighted by molar-refractivity contribution is 8.18. The molecule has 5 nitrogen and oxygen atoms in total. The van der Waals surface area contributed by atoms with Gasteiger partial charge in [0.1, 0.15) is 0 Å². The third kappa shape index (κ3) is 4.46. The van der Waals surface area contributed by atoms with Gasteiger partial charge >= 0.3 is 0 Å². The summed E-state index contributed by atoms with van der Waals surface area (Å²) in [4.78, 5) is 29.0. The summed E-state index contributed by atoms with van der Waals surface area (Å²) in [6, 6.07) is 13.0. The van der Waals surface area contributed by atoms with E-state index >= 15 is 0 Å². The number of halogens is 2. The lowest BCUT2D eigenvalue weighted by molar-refractivity contribution is -0.123. The van der Waals surface area contributed by atoms with Gasteiger partial charge in [-0.1, -0.05) is 41.4 Å². The molecule has 2 aromatic rings. The Bertz CT molecular complexity index is 952. The number of rotatable bonds is 4. The predicted molar refractivity (Wildman–Crippen MR) is 117 cm³/mol. The van der Waals surface area contributed by atoms with Crippen LogP contribution in [-0.2, 0) is 16.1 Å². The van der Waals surface area contributed by atoms with Crippen LogP contribution in [0.3, 0.4) is 0 Å². The van der Waals surface area contributed by atoms with E-state index in [4.69, 9.17) is 27.9 Å². The van der Waals surface area contributed by atoms with E-state index in [9.17, 15) is 9.59 Å². The van der Waals surface area contributed by atoms with Crippen LogP contribution in [0.15, 0.2) is 47.4 Å². The van der Waals surface area contributed by atoms with Gasteiger partial charge in [0.05, 0.1) is 24.7 Å². The predicted octanol–water partition coefficient (Wildman–Crippen LogP) is 5.07. The van der Waals surface area contributed by atoms with E-state index < -0.39 is 0 Å². The van der Waals surface area contributed by atoms with Crippen molar-refractivity contribution in [2.24, 2.45) is 0 Å². The summed E-state index contributed by atoms with van der Waals surface area (Å²) in [6.45, 7) is 3.23. The first-order valence-corrected chi connectivity index (χ1v) is 10.7. The van der Waals surface area contributed by atoms with E-state index in [0.29, 0.717) is 20.5 Å². The Morgan fingerprint density at radius 2 is 1.66 bits per heavy atom. The lowest BCUT2D eigenvalue weighted by atomic mass is 10.1. The number of imide groups is 1. The molecule has 2 heterocycles. The minimum absolute atomic E-state index is 0.0521. The maximum absolute atomic E-state index is 12.8. The number of carbonyl (C=O) groups is 2. The zero-order valence-corrected chi connectivity index (χ0v) is 17.8. The summed E-state index contributed by atoms with van der Waals surface area (Å²) in [5.74, 6) is -0.340. The van der Waals surface area contributed by atoms with E-state index in [1.807, 2.05) is 24.3 Å². The van der Waals surface area contributed by atoms with Gasteiger partial charge in [0.25, 0.3) is 11.1 Å². The smallest absolute Gasteiger partial charge is 0.293 e. The molecular weight excluding hydrogens is 431 g/mol. The molecule has 2 aliphatic heterocycles. The molecule has 0 atom stereocenters. The molecule has 0 bridgehead atoms. The minimum atomic E-state index is -0.340. The van der Waals surface area contributed by atoms with Crippen molar-refractivity contribution in [3.8, 4) is 0 Å². The van der Waals surface area contributed by atoms with Crippen molar-refractivity contribution in [2.75, 3.05) is 31.2 Å². The molecule has 8 heteroatoms. The number of hydrogen-bond donors (Lipinski definition) is 0. The van der Waals surface area contributed by atoms with Crippen LogP contribution in [0.1, 0.15) is 11.1 Å². The fourth-order valence-corrected chi connectivity index (χ4v) is 4.59. The molecule has 0 spiro atoms. The lowest BCUT2D eigenvalue weighted by Gasteiger charge is -2.28. The SMILES string of the molecule is O=C1S/C(=C/c2ccc(N3CCOCC3)cc2)C(=O)N1Cc1c(Cl)cccc1Cl. The van der Waals surface area contributed by atoms with E-state index in [2.05, 4.69) is 4.90 Å². The topological polar surface area (TPSA) is 49.9 Å². The molecule has 2 aliphatic rings. The zero-order valence-electron chi connectivity index (χ0n) is 15.4. The van der Waals surface area contributed by atoms with Gasteiger partial charge in [-0.25, -0.2) is 0 Å². The Kier molecular flexibility index (Phi) is 6.15. The highest BCUT2D eigenvalue weighted by Crippen LogP contribution is 2.35. The van der Waals surface area contributed by atoms with Gasteiger partial charge in [-0.05, 0) is 47.7 Å². The van der Waals surface area contributed by atoms with Crippen molar-refractivity contribution in [2.45, 2.75) is 6.54 Å². The van der Waals surface area contributed by atoms with Crippen LogP contribution < -0.4 is 4.90 Å². The van der Waals surface area contributed by atoms with Gasteiger partial charge < -0.3 is 9.64 Å². The van der Waals surface area contributed by atoms with Crippen LogP contribution in [-0.4, -0.2) is 42.3 Å². The van der Waals surface area contributed by atoms with Crippen LogP contribution in [0.2, 0.25) is 10.0 Å². The lowest BCUT2D eigenvalue weighted by Crippen LogP contribution is -2.36. The zero-order chi connectivity index (χ0) is 20.4. The number of morpholine rings is 1. The van der Waals surface area contributed by atoms with Gasteiger partial charge in [-0.2, -0.15) is 0 Å². The maximum atomic E-state index is 12.8. The van der Waals surface area contributed by atoms with Crippen molar-refractivity contribution < 1.29 is 14.3 Å². The first-order chi connectivity index (χ1) is 14.0. The molecule has 2 saturated heterocycles. The Hall–Kier alpha value is -1.99. The van der Waals surface area contributed by atoms with E-state index in [1.165, 1.54) is 4.90 Å². The molecule has 2 fully saturated rings. The molecule has 0 saturated carbocycles. The molecule has 150 valence electrons. The number of nitrogens with zero attached hydrogens (tertiary/aromatic N) is 2. The molecule has 2 aromatic carbocycles. The van der Waals surface area contributed by atoms with Crippen LogP contribution in [0.25, 0.3) is 6.08 Å². The van der Waals surface area contributed by atoms with Crippen molar-refractivity contribution in [1.29, 1.82) is 0 Å². The number of carbonyl (C=O) groups excluding carboxylic acids is 2. The quantitative estimate of drug-likeness (QED) is 0.611. The Balaban J connectivity index is 1.50. The summed E-state index contributed by atoms with van der Waals surface area (Å²) in [5, 5.41) is 0.528. The van der Waals surface area contributed by atoms with Crippen LogP contribution in [0.4, 0.5) is 10.5 Å². The number of amides is 2. The standard InChI is InChI=1S/C21H18Cl2N2O3S/c22-17-2-1-3-18(23)16(17)13-25-20(26)19(29-21(25)27)12-14-4-6-15(7-5-14)24-8-10-28-11-9-24/h1-7,12H,8-11,13H2/b19-12+. The molecule has 0 N–H and O–H groups in total. The minimum Gasteiger partial charge on any atom is -0.378 e. The molecule has 0 aliphatic carbocycles. The molecule has 29 heavy (non-hydrogen) atoms. The molecule has 0 aromatic heterocycles. The first kappa shape index (κ1) is 20.3. The number of hydrogen-bond acceptors (Lipinski definition) is 5. The second-order valence-corrected chi connectivity index (χ2v) is 8.47. The molecule has 4 rings (SSSR count). The Labute approximate surface area is 183 Å². The number of ether oxygens (including phenoxy) is 1. The summed E-state index contributed by atoms with van der Waals surface area (Å²) in [6.07, 6.45) is 1.74. The third-order valence-electron chi connectivity index (χ3n) is 4.82. The van der Waals surface area contributed by atoms with Crippen LogP contribution >= 0.6 is 35.0 Å². The average Bonchev–Trinajstić information content (AvgIpc) is 2.99. The molecule has 0 unspecified atom stereocenters. The van der Waals surface area contributed by atoms with E-state index in [1.54, 1.807) is 24.3 Å². The van der Waals surface area contributed by atoms with Crippen molar-refractivity contribution in [1.82, 2.24) is 4.90 Å². The fourth-order valence-electron chi connectivity index (χ4n) is 3.23. The average molecular weight is 449 g/mol. The number of benzene rings is 2. The Morgan fingerprint density at radius 3 is 2.31 bits per heavy atom. The molecule has 0 radical (unpaired) electrons. The van der Waals surface area contributed by atoms with Crippen molar-refractivity contribution in [3.63, 3.8) is 0 Å². The summed E-state index contributed by atoms with van der Waals surface area (Å²) in [7, 11) is 0. The van der Waals surface area contributed by atoms with Gasteiger partial charge in [-0.3, -0.25) is 14.5 Å². The summed E-state index contributed by atoms with van der Waals surface area (Å²) < 4.78 is 5.38. The van der Waals surface area contributed by atoms with Gasteiger partial charge in [-0.15, -0.1) is 0 Å². The highest BCUT2D eigenvalue weighted by Gasteiger charge is 2.35. The van der Waals surface area contributed by atoms with E-state index in [-0.39, 0.29) is 17.7 Å². The highest BCUT2D eigenvalue weighted by atomic mass is 35.5. The van der Waals surface area contributed by atoms with Crippen molar-refractivity contribution >= 4 is 57.9 Å². The van der Waals surface area contributed by atoms with Gasteiger partial charge in [0.2, 0.25) is 0 Å². The summed E-state index contributed by atoms with van der Waals surface area (Å²) in [5.41, 5.74) is 2.55. The van der Waals surface area contributed by atoms with Gasteiger partial charge in [0, 0.05) is 34.4 Å². The number of thioether (sulfide) groups is 1. The monoisotopic (exact) mass is 448 g/mol. The molecular formula is C21H18Cl2N2O3S. The third-order valence-corrected chi connectivity index (χ3v) is 6.43. The Morgan fingerprint density at radius 1 is 1.00 bits per heavy atom. The normalized spacial score (nSPS) is 18.8. The summed E-state index contributed by atoms with van der Waals surface area (Å²) >= 11 is 13.3. The first-order valence-electron chi connectivity index (χ1n) is 9.14. The largest absolute Gasteiger partial charge is 0.378 e. The second-order valence-electron chi connectivity index (χ2n) is 6.66. The van der Waals surface area contributed by atoms with E-state index in [0.717, 1.165) is 49.3 Å². The van der Waals surface area contributed by atoms with Crippen LogP contribution in [0.5, 0.6) is 0 Å². The van der Waals surface area contributed by atoms with Gasteiger partial charge in [0.15, 0.2) is 0 Å². The van der Waals surface area contributed by atoms with Crippen molar-refractivity contribution in [3.05, 3.63) is 68.5 Å². The fraction of sp³-hybridized carbons (Fsp3) is 0.238. The second kappa shape index (κ2) is 8.79. The molecule has 2 amide bonds. The number of anilines is 1. The maximum Gasteiger partial charge on any atom is 0.293 e. The van der Waals surface area contributed by atoms with Crippen LogP contribution in [0, 0.1) is 0 Å².